The van der Waals surface area contributed by atoms with Gasteiger partial charge in [-0.05, 0) is 25.1 Å². The largest absolute Gasteiger partial charge is 1.00 e. The maximum Gasteiger partial charge on any atom is 0.162 e. The molecular formula is C16H19ClNO2-. The van der Waals surface area contributed by atoms with Crippen molar-refractivity contribution in [1.82, 2.24) is 5.32 Å². The Kier molecular flexibility index (Phi) is 6.36. The van der Waals surface area contributed by atoms with E-state index in [1.165, 1.54) is 5.56 Å². The second-order valence-corrected chi connectivity index (χ2v) is 4.43. The van der Waals surface area contributed by atoms with Crippen LogP contribution >= 0.6 is 0 Å². The molecule has 3 nitrogen and oxygen atoms in total. The summed E-state index contributed by atoms with van der Waals surface area (Å²) < 4.78 is 5.15. The zero-order valence-electron chi connectivity index (χ0n) is 11.6. The van der Waals surface area contributed by atoms with E-state index in [1.54, 1.807) is 13.2 Å². The summed E-state index contributed by atoms with van der Waals surface area (Å²) in [5.74, 6) is 0.714. The van der Waals surface area contributed by atoms with Crippen LogP contribution in [0.2, 0.25) is 0 Å². The minimum Gasteiger partial charge on any atom is -1.00 e. The van der Waals surface area contributed by atoms with Crippen LogP contribution in [0.3, 0.4) is 0 Å². The van der Waals surface area contributed by atoms with Gasteiger partial charge in [0, 0.05) is 11.6 Å². The number of hydrogen-bond donors (Lipinski definition) is 2. The van der Waals surface area contributed by atoms with E-state index in [9.17, 15) is 5.11 Å². The summed E-state index contributed by atoms with van der Waals surface area (Å²) in [7, 11) is 3.46. The molecule has 0 spiro atoms. The Bertz CT molecular complexity index is 531. The number of para-hydroxylation sites is 1. The highest BCUT2D eigenvalue weighted by atomic mass is 35.5. The van der Waals surface area contributed by atoms with Crippen LogP contribution in [0.5, 0.6) is 11.5 Å². The van der Waals surface area contributed by atoms with Gasteiger partial charge in [-0.3, -0.25) is 0 Å². The smallest absolute Gasteiger partial charge is 0.162 e. The molecule has 4 heteroatoms. The number of rotatable bonds is 5. The van der Waals surface area contributed by atoms with Gasteiger partial charge >= 0.3 is 0 Å². The molecule has 2 aromatic carbocycles. The number of benzene rings is 2. The summed E-state index contributed by atoms with van der Waals surface area (Å²) in [5, 5.41) is 13.4. The zero-order valence-corrected chi connectivity index (χ0v) is 12.4. The molecule has 1 unspecified atom stereocenters. The summed E-state index contributed by atoms with van der Waals surface area (Å²) in [5.41, 5.74) is 2.08. The van der Waals surface area contributed by atoms with Crippen molar-refractivity contribution in [1.29, 1.82) is 0 Å². The summed E-state index contributed by atoms with van der Waals surface area (Å²) >= 11 is 0. The van der Waals surface area contributed by atoms with Crippen LogP contribution in [0.1, 0.15) is 17.2 Å². The van der Waals surface area contributed by atoms with Crippen molar-refractivity contribution in [3.8, 4) is 11.5 Å². The Balaban J connectivity index is 0.00000200. The predicted octanol–water partition coefficient (Wildman–Crippen LogP) is -0.0920. The molecule has 108 valence electrons. The lowest BCUT2D eigenvalue weighted by Gasteiger charge is -2.19. The normalized spacial score (nSPS) is 11.5. The van der Waals surface area contributed by atoms with E-state index in [-0.39, 0.29) is 24.2 Å². The van der Waals surface area contributed by atoms with Gasteiger partial charge in [-0.15, -0.1) is 0 Å². The topological polar surface area (TPSA) is 41.5 Å². The average Bonchev–Trinajstić information content (AvgIpc) is 2.46. The molecule has 0 aliphatic carbocycles. The first kappa shape index (κ1) is 16.3. The summed E-state index contributed by atoms with van der Waals surface area (Å²) in [6.07, 6.45) is 0.818. The van der Waals surface area contributed by atoms with Crippen LogP contribution in [0, 0.1) is 0 Å². The Morgan fingerprint density at radius 2 is 1.80 bits per heavy atom. The van der Waals surface area contributed by atoms with Gasteiger partial charge in [0.25, 0.3) is 0 Å². The Morgan fingerprint density at radius 3 is 2.40 bits per heavy atom. The molecule has 0 heterocycles. The number of nitrogens with one attached hydrogen (secondary N) is 1. The second kappa shape index (κ2) is 7.78. The Morgan fingerprint density at radius 1 is 1.10 bits per heavy atom. The summed E-state index contributed by atoms with van der Waals surface area (Å²) in [6.45, 7) is 0. The average molecular weight is 293 g/mol. The lowest BCUT2D eigenvalue weighted by molar-refractivity contribution is -0.00000509. The summed E-state index contributed by atoms with van der Waals surface area (Å²) in [6, 6.07) is 15.8. The molecule has 20 heavy (non-hydrogen) atoms. The van der Waals surface area contributed by atoms with Gasteiger partial charge in [0.05, 0.1) is 7.11 Å². The van der Waals surface area contributed by atoms with Gasteiger partial charge in [-0.1, -0.05) is 42.5 Å². The molecular weight excluding hydrogens is 274 g/mol. The minimum atomic E-state index is 0. The maximum absolute atomic E-state index is 10.2. The third-order valence-corrected chi connectivity index (χ3v) is 3.26. The Hall–Kier alpha value is -1.71. The van der Waals surface area contributed by atoms with E-state index >= 15 is 0 Å². The molecule has 0 aliphatic rings. The summed E-state index contributed by atoms with van der Waals surface area (Å²) in [4.78, 5) is 0. The first-order valence-electron chi connectivity index (χ1n) is 6.33. The number of hydrogen-bond acceptors (Lipinski definition) is 3. The van der Waals surface area contributed by atoms with Crippen LogP contribution < -0.4 is 22.5 Å². The van der Waals surface area contributed by atoms with Crippen LogP contribution in [0.25, 0.3) is 0 Å². The SMILES string of the molecule is CNC(Cc1ccccc1)c1cccc(OC)c1O.[Cl-]. The van der Waals surface area contributed by atoms with Crippen molar-refractivity contribution < 1.29 is 22.3 Å². The highest BCUT2D eigenvalue weighted by Gasteiger charge is 2.16. The molecule has 0 radical (unpaired) electrons. The number of methoxy groups -OCH3 is 1. The third-order valence-electron chi connectivity index (χ3n) is 3.26. The van der Waals surface area contributed by atoms with Crippen molar-refractivity contribution in [2.75, 3.05) is 14.2 Å². The molecule has 2 rings (SSSR count). The van der Waals surface area contributed by atoms with Crippen LogP contribution in [-0.4, -0.2) is 19.3 Å². The number of halogens is 1. The van der Waals surface area contributed by atoms with Gasteiger partial charge in [0.15, 0.2) is 11.5 Å². The van der Waals surface area contributed by atoms with Crippen LogP contribution in [0.4, 0.5) is 0 Å². The molecule has 1 atom stereocenters. The van der Waals surface area contributed by atoms with E-state index in [4.69, 9.17) is 4.74 Å². The minimum absolute atomic E-state index is 0. The van der Waals surface area contributed by atoms with E-state index in [2.05, 4.69) is 17.4 Å². The molecule has 0 amide bonds. The number of phenols is 1. The van der Waals surface area contributed by atoms with Gasteiger partial charge in [-0.25, -0.2) is 0 Å². The van der Waals surface area contributed by atoms with Gasteiger partial charge in [-0.2, -0.15) is 0 Å². The maximum atomic E-state index is 10.2. The Labute approximate surface area is 126 Å². The number of aromatic hydroxyl groups is 1. The predicted molar refractivity (Wildman–Crippen MR) is 76.6 cm³/mol. The lowest BCUT2D eigenvalue weighted by atomic mass is 9.98. The van der Waals surface area contributed by atoms with Crippen molar-refractivity contribution in [2.45, 2.75) is 12.5 Å². The first-order valence-corrected chi connectivity index (χ1v) is 6.33. The third kappa shape index (κ3) is 3.65. The molecule has 2 aromatic rings. The molecule has 0 saturated heterocycles. The fourth-order valence-electron chi connectivity index (χ4n) is 2.20. The fourth-order valence-corrected chi connectivity index (χ4v) is 2.20. The molecule has 0 aliphatic heterocycles. The zero-order chi connectivity index (χ0) is 13.7. The van der Waals surface area contributed by atoms with Crippen LogP contribution in [0.15, 0.2) is 48.5 Å². The monoisotopic (exact) mass is 292 g/mol. The van der Waals surface area contributed by atoms with Crippen LogP contribution in [-0.2, 0) is 6.42 Å². The van der Waals surface area contributed by atoms with Gasteiger partial charge in [0.1, 0.15) is 0 Å². The number of likely N-dealkylation sites (N-methyl/N-ethyl adjacent to an activating group) is 1. The highest BCUT2D eigenvalue weighted by molar-refractivity contribution is 5.47. The van der Waals surface area contributed by atoms with Crippen molar-refractivity contribution >= 4 is 0 Å². The van der Waals surface area contributed by atoms with E-state index in [1.807, 2.05) is 37.4 Å². The van der Waals surface area contributed by atoms with Crippen molar-refractivity contribution in [3.05, 3.63) is 59.7 Å². The molecule has 0 saturated carbocycles. The van der Waals surface area contributed by atoms with Gasteiger partial charge in [0.2, 0.25) is 0 Å². The quantitative estimate of drug-likeness (QED) is 0.809. The molecule has 0 bridgehead atoms. The standard InChI is InChI=1S/C16H19NO2.ClH/c1-17-14(11-12-7-4-3-5-8-12)13-9-6-10-15(19-2)16(13)18;/h3-10,14,17-18H,11H2,1-2H3;1H/p-1. The van der Waals surface area contributed by atoms with Crippen molar-refractivity contribution in [2.24, 2.45) is 0 Å². The molecule has 0 aromatic heterocycles. The van der Waals surface area contributed by atoms with E-state index in [0.29, 0.717) is 5.75 Å². The fraction of sp³-hybridized carbons (Fsp3) is 0.250. The molecule has 2 N–H and O–H groups in total. The number of ether oxygens (including phenoxy) is 1. The first-order chi connectivity index (χ1) is 9.26. The number of phenolic OH excluding ortho intramolecular Hbond substituents is 1. The van der Waals surface area contributed by atoms with Gasteiger partial charge < -0.3 is 27.6 Å². The lowest BCUT2D eigenvalue weighted by Crippen LogP contribution is -3.00. The highest BCUT2D eigenvalue weighted by Crippen LogP contribution is 2.34. The van der Waals surface area contributed by atoms with Crippen molar-refractivity contribution in [3.63, 3.8) is 0 Å². The van der Waals surface area contributed by atoms with E-state index < -0.39 is 0 Å². The van der Waals surface area contributed by atoms with E-state index in [0.717, 1.165) is 12.0 Å². The second-order valence-electron chi connectivity index (χ2n) is 4.43. The molecule has 0 fully saturated rings.